The van der Waals surface area contributed by atoms with Crippen molar-refractivity contribution >= 4 is 34.0 Å². The summed E-state index contributed by atoms with van der Waals surface area (Å²) in [6, 6.07) is 17.5. The van der Waals surface area contributed by atoms with Crippen molar-refractivity contribution in [2.75, 3.05) is 12.4 Å². The van der Waals surface area contributed by atoms with Crippen LogP contribution < -0.4 is 10.1 Å². The van der Waals surface area contributed by atoms with E-state index in [9.17, 15) is 4.79 Å². The van der Waals surface area contributed by atoms with E-state index in [1.807, 2.05) is 73.1 Å². The van der Waals surface area contributed by atoms with E-state index in [-0.39, 0.29) is 5.91 Å². The first kappa shape index (κ1) is 17.3. The van der Waals surface area contributed by atoms with Crippen LogP contribution in [0.25, 0.3) is 21.7 Å². The van der Waals surface area contributed by atoms with Crippen molar-refractivity contribution in [3.63, 3.8) is 0 Å². The molecule has 0 unspecified atom stereocenters. The number of nitrogens with one attached hydrogen (secondary N) is 1. The number of aromatic nitrogens is 2. The number of para-hydroxylation sites is 2. The number of amides is 1. The molecule has 0 aliphatic carbocycles. The van der Waals surface area contributed by atoms with E-state index in [0.717, 1.165) is 27.3 Å². The van der Waals surface area contributed by atoms with Crippen molar-refractivity contribution in [3.8, 4) is 16.5 Å². The van der Waals surface area contributed by atoms with Crippen LogP contribution in [0.15, 0.2) is 54.6 Å². The van der Waals surface area contributed by atoms with Crippen molar-refractivity contribution in [3.05, 3.63) is 65.0 Å². The quantitative estimate of drug-likeness (QED) is 0.552. The predicted molar refractivity (Wildman–Crippen MR) is 110 cm³/mol. The zero-order valence-electron chi connectivity index (χ0n) is 15.3. The molecule has 1 amide bonds. The lowest BCUT2D eigenvalue weighted by Crippen LogP contribution is -2.11. The number of hydrogen-bond donors (Lipinski definition) is 1. The Morgan fingerprint density at radius 3 is 2.74 bits per heavy atom. The van der Waals surface area contributed by atoms with Crippen LogP contribution in [0.1, 0.15) is 15.2 Å². The number of hydrogen-bond acceptors (Lipinski definition) is 4. The SMILES string of the molecule is COc1ccc(C)cc1NC(=O)c1ccc(-c2nc3ccccc3n2C)s1. The van der Waals surface area contributed by atoms with Crippen LogP contribution in [0, 0.1) is 6.92 Å². The van der Waals surface area contributed by atoms with Gasteiger partial charge in [-0.25, -0.2) is 4.98 Å². The minimum Gasteiger partial charge on any atom is -0.495 e. The van der Waals surface area contributed by atoms with Gasteiger partial charge >= 0.3 is 0 Å². The highest BCUT2D eigenvalue weighted by Gasteiger charge is 2.16. The van der Waals surface area contributed by atoms with Crippen LogP contribution in [0.2, 0.25) is 0 Å². The summed E-state index contributed by atoms with van der Waals surface area (Å²) in [6.45, 7) is 1.98. The zero-order valence-corrected chi connectivity index (χ0v) is 16.1. The van der Waals surface area contributed by atoms with Gasteiger partial charge in [0.25, 0.3) is 5.91 Å². The third-order valence-electron chi connectivity index (χ3n) is 4.44. The number of methoxy groups -OCH3 is 1. The highest BCUT2D eigenvalue weighted by molar-refractivity contribution is 7.17. The van der Waals surface area contributed by atoms with E-state index in [4.69, 9.17) is 9.72 Å². The van der Waals surface area contributed by atoms with Gasteiger partial charge in [-0.2, -0.15) is 0 Å². The maximum absolute atomic E-state index is 12.7. The molecule has 1 N–H and O–H groups in total. The summed E-state index contributed by atoms with van der Waals surface area (Å²) in [5.41, 5.74) is 3.73. The molecular formula is C21H19N3O2S. The van der Waals surface area contributed by atoms with Gasteiger partial charge in [0.2, 0.25) is 0 Å². The van der Waals surface area contributed by atoms with Crippen molar-refractivity contribution < 1.29 is 9.53 Å². The van der Waals surface area contributed by atoms with Crippen molar-refractivity contribution in [1.82, 2.24) is 9.55 Å². The lowest BCUT2D eigenvalue weighted by atomic mass is 10.2. The average molecular weight is 377 g/mol. The maximum atomic E-state index is 12.7. The standard InChI is InChI=1S/C21H19N3O2S/c1-13-8-9-17(26-3)15(12-13)23-21(25)19-11-10-18(27-19)20-22-14-6-4-5-7-16(14)24(20)2/h4-12H,1-3H3,(H,23,25). The van der Waals surface area contributed by atoms with E-state index >= 15 is 0 Å². The molecule has 0 bridgehead atoms. The Labute approximate surface area is 161 Å². The lowest BCUT2D eigenvalue weighted by Gasteiger charge is -2.10. The second kappa shape index (κ2) is 6.89. The maximum Gasteiger partial charge on any atom is 0.265 e. The van der Waals surface area contributed by atoms with Crippen LogP contribution >= 0.6 is 11.3 Å². The lowest BCUT2D eigenvalue weighted by molar-refractivity contribution is 0.103. The van der Waals surface area contributed by atoms with Gasteiger partial charge in [0.15, 0.2) is 5.82 Å². The summed E-state index contributed by atoms with van der Waals surface area (Å²) < 4.78 is 7.38. The third kappa shape index (κ3) is 3.19. The molecule has 4 aromatic rings. The number of anilines is 1. The van der Waals surface area contributed by atoms with E-state index in [2.05, 4.69) is 5.32 Å². The van der Waals surface area contributed by atoms with E-state index in [1.54, 1.807) is 7.11 Å². The largest absolute Gasteiger partial charge is 0.495 e. The van der Waals surface area contributed by atoms with Gasteiger partial charge in [-0.1, -0.05) is 18.2 Å². The Hall–Kier alpha value is -3.12. The Morgan fingerprint density at radius 2 is 1.96 bits per heavy atom. The number of nitrogens with zero attached hydrogens (tertiary/aromatic N) is 2. The van der Waals surface area contributed by atoms with Gasteiger partial charge in [0.05, 0.1) is 33.6 Å². The number of thiophene rings is 1. The molecule has 0 radical (unpaired) electrons. The number of imidazole rings is 1. The number of ether oxygens (including phenoxy) is 1. The second-order valence-electron chi connectivity index (χ2n) is 6.30. The normalized spacial score (nSPS) is 10.9. The first-order valence-corrected chi connectivity index (χ1v) is 9.36. The Kier molecular flexibility index (Phi) is 4.41. The molecule has 0 saturated heterocycles. The zero-order chi connectivity index (χ0) is 19.0. The fourth-order valence-corrected chi connectivity index (χ4v) is 3.98. The van der Waals surface area contributed by atoms with E-state index < -0.39 is 0 Å². The van der Waals surface area contributed by atoms with Gasteiger partial charge < -0.3 is 14.6 Å². The highest BCUT2D eigenvalue weighted by atomic mass is 32.1. The molecular weight excluding hydrogens is 358 g/mol. The Bertz CT molecular complexity index is 1140. The number of rotatable bonds is 4. The summed E-state index contributed by atoms with van der Waals surface area (Å²) >= 11 is 1.42. The molecule has 0 aliphatic rings. The molecule has 27 heavy (non-hydrogen) atoms. The summed E-state index contributed by atoms with van der Waals surface area (Å²) in [6.07, 6.45) is 0. The minimum atomic E-state index is -0.158. The van der Waals surface area contributed by atoms with Crippen LogP contribution in [-0.2, 0) is 7.05 Å². The molecule has 2 aromatic carbocycles. The number of fused-ring (bicyclic) bond motifs is 1. The molecule has 0 saturated carbocycles. The van der Waals surface area contributed by atoms with Crippen molar-refractivity contribution in [1.29, 1.82) is 0 Å². The fourth-order valence-electron chi connectivity index (χ4n) is 3.05. The summed E-state index contributed by atoms with van der Waals surface area (Å²) in [4.78, 5) is 19.0. The topological polar surface area (TPSA) is 56.1 Å². The molecule has 2 aromatic heterocycles. The molecule has 6 heteroatoms. The Morgan fingerprint density at radius 1 is 1.15 bits per heavy atom. The smallest absolute Gasteiger partial charge is 0.265 e. The monoisotopic (exact) mass is 377 g/mol. The molecule has 0 spiro atoms. The first-order chi connectivity index (χ1) is 13.1. The van der Waals surface area contributed by atoms with Gasteiger partial charge in [0, 0.05) is 7.05 Å². The highest BCUT2D eigenvalue weighted by Crippen LogP contribution is 2.31. The molecule has 0 atom stereocenters. The number of benzene rings is 2. The van der Waals surface area contributed by atoms with Gasteiger partial charge in [-0.15, -0.1) is 11.3 Å². The van der Waals surface area contributed by atoms with Crippen LogP contribution in [0.3, 0.4) is 0 Å². The molecule has 4 rings (SSSR count). The van der Waals surface area contributed by atoms with Crippen molar-refractivity contribution in [2.24, 2.45) is 7.05 Å². The Balaban J connectivity index is 1.63. The first-order valence-electron chi connectivity index (χ1n) is 8.54. The van der Waals surface area contributed by atoms with Crippen LogP contribution in [0.5, 0.6) is 5.75 Å². The molecule has 5 nitrogen and oxygen atoms in total. The second-order valence-corrected chi connectivity index (χ2v) is 7.39. The van der Waals surface area contributed by atoms with Crippen molar-refractivity contribution in [2.45, 2.75) is 6.92 Å². The summed E-state index contributed by atoms with van der Waals surface area (Å²) in [7, 11) is 3.58. The third-order valence-corrected chi connectivity index (χ3v) is 5.52. The predicted octanol–water partition coefficient (Wildman–Crippen LogP) is 4.87. The number of carbonyl (C=O) groups excluding carboxylic acids is 1. The molecule has 2 heterocycles. The minimum absolute atomic E-state index is 0.158. The molecule has 136 valence electrons. The average Bonchev–Trinajstić information content (AvgIpc) is 3.27. The molecule has 0 fully saturated rings. The number of carbonyl (C=O) groups is 1. The van der Waals surface area contributed by atoms with Crippen LogP contribution in [0.4, 0.5) is 5.69 Å². The summed E-state index contributed by atoms with van der Waals surface area (Å²) in [5, 5.41) is 2.94. The van der Waals surface area contributed by atoms with Gasteiger partial charge in [-0.05, 0) is 48.9 Å². The fraction of sp³-hybridized carbons (Fsp3) is 0.143. The number of aryl methyl sites for hydroxylation is 2. The summed E-state index contributed by atoms with van der Waals surface area (Å²) in [5.74, 6) is 1.34. The van der Waals surface area contributed by atoms with E-state index in [1.165, 1.54) is 11.3 Å². The van der Waals surface area contributed by atoms with E-state index in [0.29, 0.717) is 16.3 Å². The van der Waals surface area contributed by atoms with Crippen LogP contribution in [-0.4, -0.2) is 22.6 Å². The van der Waals surface area contributed by atoms with Gasteiger partial charge in [0.1, 0.15) is 5.75 Å². The molecule has 0 aliphatic heterocycles. The van der Waals surface area contributed by atoms with Gasteiger partial charge in [-0.3, -0.25) is 4.79 Å².